The second kappa shape index (κ2) is 6.20. The number of phenols is 1. The number of aromatic hydroxyl groups is 1. The molecule has 0 aromatic heterocycles. The van der Waals surface area contributed by atoms with Gasteiger partial charge in [0, 0.05) is 11.0 Å². The zero-order chi connectivity index (χ0) is 13.0. The zero-order valence-electron chi connectivity index (χ0n) is 10.1. The molecule has 0 aliphatic carbocycles. The van der Waals surface area contributed by atoms with Crippen molar-refractivity contribution in [2.75, 3.05) is 19.6 Å². The second-order valence-corrected chi connectivity index (χ2v) is 5.48. The predicted molar refractivity (Wildman–Crippen MR) is 73.7 cm³/mol. The normalized spacial score (nSPS) is 18.8. The molecule has 1 aliphatic rings. The summed E-state index contributed by atoms with van der Waals surface area (Å²) in [6.07, 6.45) is 2.16. The van der Waals surface area contributed by atoms with Crippen LogP contribution in [0.2, 0.25) is 0 Å². The van der Waals surface area contributed by atoms with Gasteiger partial charge in [0.05, 0.1) is 5.56 Å². The summed E-state index contributed by atoms with van der Waals surface area (Å²) in [5.41, 5.74) is 0.322. The average Bonchev–Trinajstić information content (AvgIpc) is 2.81. The molecule has 1 aromatic carbocycles. The van der Waals surface area contributed by atoms with Crippen molar-refractivity contribution in [2.24, 2.45) is 5.92 Å². The van der Waals surface area contributed by atoms with Crippen molar-refractivity contribution in [2.45, 2.75) is 12.8 Å². The lowest BCUT2D eigenvalue weighted by Crippen LogP contribution is -2.26. The number of nitrogens with one attached hydrogen (secondary N) is 2. The quantitative estimate of drug-likeness (QED) is 0.795. The highest BCUT2D eigenvalue weighted by atomic mass is 79.9. The Hall–Kier alpha value is -1.07. The number of phenolic OH excluding ortho intramolecular Hbond substituents is 1. The zero-order valence-corrected chi connectivity index (χ0v) is 11.7. The lowest BCUT2D eigenvalue weighted by molar-refractivity contribution is 0.0949. The first-order valence-electron chi connectivity index (χ1n) is 6.14. The fourth-order valence-corrected chi connectivity index (χ4v) is 2.49. The Bertz CT molecular complexity index is 431. The van der Waals surface area contributed by atoms with Crippen molar-refractivity contribution < 1.29 is 9.90 Å². The van der Waals surface area contributed by atoms with E-state index in [-0.39, 0.29) is 11.7 Å². The van der Waals surface area contributed by atoms with Crippen LogP contribution in [0, 0.1) is 5.92 Å². The van der Waals surface area contributed by atoms with E-state index in [0.29, 0.717) is 18.0 Å². The molecule has 18 heavy (non-hydrogen) atoms. The van der Waals surface area contributed by atoms with Gasteiger partial charge < -0.3 is 15.7 Å². The summed E-state index contributed by atoms with van der Waals surface area (Å²) in [7, 11) is 0. The Morgan fingerprint density at radius 3 is 3.06 bits per heavy atom. The number of amides is 1. The van der Waals surface area contributed by atoms with Crippen molar-refractivity contribution in [3.05, 3.63) is 28.2 Å². The van der Waals surface area contributed by atoms with E-state index in [1.54, 1.807) is 12.1 Å². The van der Waals surface area contributed by atoms with Gasteiger partial charge in [-0.15, -0.1) is 0 Å². The minimum atomic E-state index is -0.217. The fourth-order valence-electron chi connectivity index (χ4n) is 2.14. The molecule has 1 saturated heterocycles. The van der Waals surface area contributed by atoms with Crippen LogP contribution in [0.15, 0.2) is 22.7 Å². The molecule has 4 nitrogen and oxygen atoms in total. The molecule has 3 N–H and O–H groups in total. The van der Waals surface area contributed by atoms with Crippen LogP contribution in [0.25, 0.3) is 0 Å². The predicted octanol–water partition coefficient (Wildman–Crippen LogP) is 1.88. The maximum absolute atomic E-state index is 11.8. The largest absolute Gasteiger partial charge is 0.507 e. The van der Waals surface area contributed by atoms with Crippen LogP contribution in [0.1, 0.15) is 23.2 Å². The molecule has 1 fully saturated rings. The van der Waals surface area contributed by atoms with Crippen LogP contribution in [-0.2, 0) is 0 Å². The van der Waals surface area contributed by atoms with Crippen molar-refractivity contribution in [3.63, 3.8) is 0 Å². The standard InChI is InChI=1S/C13H17BrN2O2/c14-10-1-2-11(12(17)7-10)13(18)16-6-4-9-3-5-15-8-9/h1-2,7,9,15,17H,3-6,8H2,(H,16,18). The van der Waals surface area contributed by atoms with Crippen LogP contribution < -0.4 is 10.6 Å². The fraction of sp³-hybridized carbons (Fsp3) is 0.462. The number of carbonyl (C=O) groups excluding carboxylic acids is 1. The third-order valence-electron chi connectivity index (χ3n) is 3.20. The van der Waals surface area contributed by atoms with E-state index >= 15 is 0 Å². The molecular formula is C13H17BrN2O2. The van der Waals surface area contributed by atoms with Crippen molar-refractivity contribution in [1.29, 1.82) is 0 Å². The summed E-state index contributed by atoms with van der Waals surface area (Å²) in [5, 5.41) is 15.8. The molecule has 5 heteroatoms. The van der Waals surface area contributed by atoms with Crippen molar-refractivity contribution in [1.82, 2.24) is 10.6 Å². The molecule has 2 rings (SSSR count). The summed E-state index contributed by atoms with van der Waals surface area (Å²) in [6, 6.07) is 4.89. The lowest BCUT2D eigenvalue weighted by atomic mass is 10.1. The molecule has 0 saturated carbocycles. The Labute approximate surface area is 115 Å². The Morgan fingerprint density at radius 2 is 2.39 bits per heavy atom. The Balaban J connectivity index is 1.83. The molecule has 98 valence electrons. The first-order valence-corrected chi connectivity index (χ1v) is 6.93. The second-order valence-electron chi connectivity index (χ2n) is 4.56. The monoisotopic (exact) mass is 312 g/mol. The van der Waals surface area contributed by atoms with E-state index in [2.05, 4.69) is 26.6 Å². The Kier molecular flexibility index (Phi) is 4.60. The maximum Gasteiger partial charge on any atom is 0.255 e. The van der Waals surface area contributed by atoms with Crippen molar-refractivity contribution >= 4 is 21.8 Å². The van der Waals surface area contributed by atoms with Gasteiger partial charge in [-0.2, -0.15) is 0 Å². The van der Waals surface area contributed by atoms with E-state index in [4.69, 9.17) is 0 Å². The van der Waals surface area contributed by atoms with E-state index in [1.807, 2.05) is 0 Å². The van der Waals surface area contributed by atoms with Crippen LogP contribution in [0.5, 0.6) is 5.75 Å². The third kappa shape index (κ3) is 3.46. The van der Waals surface area contributed by atoms with E-state index in [0.717, 1.165) is 24.0 Å². The lowest BCUT2D eigenvalue weighted by Gasteiger charge is -2.10. The smallest absolute Gasteiger partial charge is 0.255 e. The highest BCUT2D eigenvalue weighted by Crippen LogP contribution is 2.22. The molecule has 0 bridgehead atoms. The first-order chi connectivity index (χ1) is 8.66. The molecule has 1 unspecified atom stereocenters. The summed E-state index contributed by atoms with van der Waals surface area (Å²) >= 11 is 3.24. The number of rotatable bonds is 4. The molecular weight excluding hydrogens is 296 g/mol. The highest BCUT2D eigenvalue weighted by Gasteiger charge is 2.15. The minimum Gasteiger partial charge on any atom is -0.507 e. The van der Waals surface area contributed by atoms with Crippen molar-refractivity contribution in [3.8, 4) is 5.75 Å². The van der Waals surface area contributed by atoms with Gasteiger partial charge in [0.15, 0.2) is 0 Å². The number of hydrogen-bond donors (Lipinski definition) is 3. The molecule has 1 aromatic rings. The van der Waals surface area contributed by atoms with Gasteiger partial charge in [0.2, 0.25) is 0 Å². The molecule has 1 heterocycles. The topological polar surface area (TPSA) is 61.4 Å². The average molecular weight is 313 g/mol. The maximum atomic E-state index is 11.8. The summed E-state index contributed by atoms with van der Waals surface area (Å²) in [6.45, 7) is 2.77. The minimum absolute atomic E-state index is 0.00408. The number of benzene rings is 1. The number of carbonyl (C=O) groups is 1. The van der Waals surface area contributed by atoms with Gasteiger partial charge in [-0.3, -0.25) is 4.79 Å². The number of hydrogen-bond acceptors (Lipinski definition) is 3. The summed E-state index contributed by atoms with van der Waals surface area (Å²) in [5.74, 6) is 0.444. The first kappa shape index (κ1) is 13.4. The van der Waals surface area contributed by atoms with Gasteiger partial charge in [0.25, 0.3) is 5.91 Å². The van der Waals surface area contributed by atoms with Crippen LogP contribution in [-0.4, -0.2) is 30.6 Å². The van der Waals surface area contributed by atoms with Gasteiger partial charge in [0.1, 0.15) is 5.75 Å². The van der Waals surface area contributed by atoms with E-state index in [9.17, 15) is 9.90 Å². The van der Waals surface area contributed by atoms with Crippen LogP contribution in [0.3, 0.4) is 0 Å². The van der Waals surface area contributed by atoms with Gasteiger partial charge in [-0.1, -0.05) is 15.9 Å². The van der Waals surface area contributed by atoms with Gasteiger partial charge >= 0.3 is 0 Å². The molecule has 0 spiro atoms. The summed E-state index contributed by atoms with van der Waals surface area (Å²) < 4.78 is 0.758. The molecule has 0 radical (unpaired) electrons. The molecule has 1 amide bonds. The summed E-state index contributed by atoms with van der Waals surface area (Å²) in [4.78, 5) is 11.8. The van der Waals surface area contributed by atoms with E-state index < -0.39 is 0 Å². The van der Waals surface area contributed by atoms with E-state index in [1.165, 1.54) is 12.5 Å². The SMILES string of the molecule is O=C(NCCC1CCNC1)c1ccc(Br)cc1O. The highest BCUT2D eigenvalue weighted by molar-refractivity contribution is 9.10. The van der Waals surface area contributed by atoms with Gasteiger partial charge in [-0.25, -0.2) is 0 Å². The number of halogens is 1. The molecule has 1 atom stereocenters. The van der Waals surface area contributed by atoms with Gasteiger partial charge in [-0.05, 0) is 50.0 Å². The molecule has 1 aliphatic heterocycles. The van der Waals surface area contributed by atoms with Crippen LogP contribution >= 0.6 is 15.9 Å². The third-order valence-corrected chi connectivity index (χ3v) is 3.70. The Morgan fingerprint density at radius 1 is 1.56 bits per heavy atom. The van der Waals surface area contributed by atoms with Crippen LogP contribution in [0.4, 0.5) is 0 Å².